The Kier molecular flexibility index (Phi) is 4.75. The molecule has 0 atom stereocenters. The van der Waals surface area contributed by atoms with Crippen molar-refractivity contribution in [3.05, 3.63) is 39.9 Å². The van der Waals surface area contributed by atoms with Gasteiger partial charge in [-0.1, -0.05) is 39.7 Å². The fraction of sp³-hybridized carbons (Fsp3) is 0.429. The summed E-state index contributed by atoms with van der Waals surface area (Å²) < 4.78 is 1.12. The first-order chi connectivity index (χ1) is 7.37. The molecule has 0 radical (unpaired) electrons. The Bertz CT molecular complexity index is 375. The molecule has 88 valence electrons. The highest BCUT2D eigenvalue weighted by molar-refractivity contribution is 9.10. The number of halogens is 1. The van der Waals surface area contributed by atoms with E-state index in [1.807, 2.05) is 6.07 Å². The molecular formula is C14H20BrN. The van der Waals surface area contributed by atoms with Crippen molar-refractivity contribution in [1.29, 1.82) is 0 Å². The molecule has 0 unspecified atom stereocenters. The van der Waals surface area contributed by atoms with Gasteiger partial charge in [-0.05, 0) is 45.4 Å². The Labute approximate surface area is 107 Å². The van der Waals surface area contributed by atoms with Crippen LogP contribution < -0.4 is 5.32 Å². The maximum atomic E-state index is 3.48. The second-order valence-corrected chi connectivity index (χ2v) is 6.06. The number of rotatable bonds is 3. The lowest BCUT2D eigenvalue weighted by atomic mass is 10.1. The second-order valence-electron chi connectivity index (χ2n) is 5.15. The summed E-state index contributed by atoms with van der Waals surface area (Å²) in [7, 11) is 0. The highest BCUT2D eigenvalue weighted by atomic mass is 79.9. The molecule has 1 aromatic rings. The first-order valence-corrected chi connectivity index (χ1v) is 6.34. The SMILES string of the molecule is CC(=Cc1cccc(Br)c1)CNC(C)(C)C. The summed E-state index contributed by atoms with van der Waals surface area (Å²) in [4.78, 5) is 0. The van der Waals surface area contributed by atoms with Gasteiger partial charge in [-0.25, -0.2) is 0 Å². The van der Waals surface area contributed by atoms with Gasteiger partial charge in [-0.15, -0.1) is 0 Å². The van der Waals surface area contributed by atoms with E-state index >= 15 is 0 Å². The molecule has 16 heavy (non-hydrogen) atoms. The molecule has 1 aromatic carbocycles. The van der Waals surface area contributed by atoms with Crippen LogP contribution in [0, 0.1) is 0 Å². The Morgan fingerprint density at radius 1 is 1.38 bits per heavy atom. The van der Waals surface area contributed by atoms with Crippen LogP contribution >= 0.6 is 15.9 Å². The van der Waals surface area contributed by atoms with Gasteiger partial charge in [0, 0.05) is 16.6 Å². The molecule has 0 bridgehead atoms. The number of hydrogen-bond donors (Lipinski definition) is 1. The van der Waals surface area contributed by atoms with Gasteiger partial charge in [-0.2, -0.15) is 0 Å². The maximum Gasteiger partial charge on any atom is 0.0181 e. The fourth-order valence-electron chi connectivity index (χ4n) is 1.34. The molecule has 0 aliphatic heterocycles. The minimum atomic E-state index is 0.173. The highest BCUT2D eigenvalue weighted by Gasteiger charge is 2.07. The lowest BCUT2D eigenvalue weighted by molar-refractivity contribution is 0.445. The predicted molar refractivity (Wildman–Crippen MR) is 75.5 cm³/mol. The third-order valence-electron chi connectivity index (χ3n) is 2.16. The molecule has 2 heteroatoms. The number of hydrogen-bond acceptors (Lipinski definition) is 1. The Hall–Kier alpha value is -0.600. The van der Waals surface area contributed by atoms with Crippen LogP contribution in [0.3, 0.4) is 0 Å². The fourth-order valence-corrected chi connectivity index (χ4v) is 1.75. The predicted octanol–water partition coefficient (Wildman–Crippen LogP) is 4.24. The molecule has 0 saturated heterocycles. The van der Waals surface area contributed by atoms with Crippen molar-refractivity contribution in [3.63, 3.8) is 0 Å². The highest BCUT2D eigenvalue weighted by Crippen LogP contribution is 2.14. The number of benzene rings is 1. The van der Waals surface area contributed by atoms with Gasteiger partial charge in [0.25, 0.3) is 0 Å². The van der Waals surface area contributed by atoms with Crippen molar-refractivity contribution in [3.8, 4) is 0 Å². The van der Waals surface area contributed by atoms with Gasteiger partial charge in [0.05, 0.1) is 0 Å². The zero-order valence-electron chi connectivity index (χ0n) is 10.5. The topological polar surface area (TPSA) is 12.0 Å². The molecule has 0 saturated carbocycles. The van der Waals surface area contributed by atoms with Crippen LogP contribution in [0.25, 0.3) is 6.08 Å². The van der Waals surface area contributed by atoms with E-state index in [2.05, 4.69) is 73.2 Å². The second kappa shape index (κ2) is 5.65. The molecule has 0 spiro atoms. The molecule has 0 aliphatic carbocycles. The van der Waals surface area contributed by atoms with Gasteiger partial charge in [0.15, 0.2) is 0 Å². The van der Waals surface area contributed by atoms with Gasteiger partial charge < -0.3 is 5.32 Å². The van der Waals surface area contributed by atoms with Crippen LogP contribution in [0.1, 0.15) is 33.3 Å². The van der Waals surface area contributed by atoms with Crippen molar-refractivity contribution < 1.29 is 0 Å². The molecule has 0 aliphatic rings. The largest absolute Gasteiger partial charge is 0.308 e. The normalized spacial score (nSPS) is 12.9. The first kappa shape index (κ1) is 13.5. The van der Waals surface area contributed by atoms with Crippen molar-refractivity contribution >= 4 is 22.0 Å². The first-order valence-electron chi connectivity index (χ1n) is 5.54. The third kappa shape index (κ3) is 5.47. The Morgan fingerprint density at radius 2 is 2.06 bits per heavy atom. The lowest BCUT2D eigenvalue weighted by Gasteiger charge is -2.20. The van der Waals surface area contributed by atoms with E-state index in [-0.39, 0.29) is 5.54 Å². The number of nitrogens with one attached hydrogen (secondary N) is 1. The summed E-state index contributed by atoms with van der Waals surface area (Å²) in [5.41, 5.74) is 2.75. The van der Waals surface area contributed by atoms with Crippen LogP contribution in [0.2, 0.25) is 0 Å². The smallest absolute Gasteiger partial charge is 0.0181 e. The van der Waals surface area contributed by atoms with Crippen molar-refractivity contribution in [2.75, 3.05) is 6.54 Å². The zero-order chi connectivity index (χ0) is 12.2. The van der Waals surface area contributed by atoms with Gasteiger partial charge >= 0.3 is 0 Å². The summed E-state index contributed by atoms with van der Waals surface area (Å²) in [6, 6.07) is 8.34. The average Bonchev–Trinajstić information content (AvgIpc) is 2.14. The molecule has 0 amide bonds. The van der Waals surface area contributed by atoms with Crippen molar-refractivity contribution in [1.82, 2.24) is 5.32 Å². The molecule has 1 rings (SSSR count). The summed E-state index contributed by atoms with van der Waals surface area (Å²) in [5, 5.41) is 3.48. The Morgan fingerprint density at radius 3 is 2.62 bits per heavy atom. The molecule has 1 N–H and O–H groups in total. The van der Waals surface area contributed by atoms with Gasteiger partial charge in [0.1, 0.15) is 0 Å². The van der Waals surface area contributed by atoms with Crippen LogP contribution in [0.15, 0.2) is 34.3 Å². The molecule has 0 fully saturated rings. The summed E-state index contributed by atoms with van der Waals surface area (Å²) in [5.74, 6) is 0. The van der Waals surface area contributed by atoms with E-state index in [1.165, 1.54) is 11.1 Å². The standard InChI is InChI=1S/C14H20BrN/c1-11(10-16-14(2,3)4)8-12-6-5-7-13(15)9-12/h5-9,16H,10H2,1-4H3. The van der Waals surface area contributed by atoms with Crippen LogP contribution in [-0.4, -0.2) is 12.1 Å². The molecular weight excluding hydrogens is 262 g/mol. The maximum absolute atomic E-state index is 3.48. The third-order valence-corrected chi connectivity index (χ3v) is 2.65. The summed E-state index contributed by atoms with van der Waals surface area (Å²) >= 11 is 3.48. The minimum Gasteiger partial charge on any atom is -0.308 e. The van der Waals surface area contributed by atoms with E-state index in [0.29, 0.717) is 0 Å². The van der Waals surface area contributed by atoms with E-state index in [1.54, 1.807) is 0 Å². The molecule has 0 heterocycles. The lowest BCUT2D eigenvalue weighted by Crippen LogP contribution is -2.36. The molecule has 1 nitrogen and oxygen atoms in total. The van der Waals surface area contributed by atoms with Gasteiger partial charge in [0.2, 0.25) is 0 Å². The van der Waals surface area contributed by atoms with E-state index in [0.717, 1.165) is 11.0 Å². The van der Waals surface area contributed by atoms with Crippen LogP contribution in [0.4, 0.5) is 0 Å². The quantitative estimate of drug-likeness (QED) is 0.874. The van der Waals surface area contributed by atoms with E-state index in [4.69, 9.17) is 0 Å². The Balaban J connectivity index is 2.63. The van der Waals surface area contributed by atoms with Crippen molar-refractivity contribution in [2.45, 2.75) is 33.2 Å². The van der Waals surface area contributed by atoms with E-state index in [9.17, 15) is 0 Å². The molecule has 0 aromatic heterocycles. The minimum absolute atomic E-state index is 0.173. The van der Waals surface area contributed by atoms with E-state index < -0.39 is 0 Å². The van der Waals surface area contributed by atoms with Crippen LogP contribution in [0.5, 0.6) is 0 Å². The summed E-state index contributed by atoms with van der Waals surface area (Å²) in [6.45, 7) is 9.62. The average molecular weight is 282 g/mol. The summed E-state index contributed by atoms with van der Waals surface area (Å²) in [6.07, 6.45) is 2.21. The van der Waals surface area contributed by atoms with Crippen LogP contribution in [-0.2, 0) is 0 Å². The zero-order valence-corrected chi connectivity index (χ0v) is 12.1. The van der Waals surface area contributed by atoms with Gasteiger partial charge in [-0.3, -0.25) is 0 Å². The van der Waals surface area contributed by atoms with Crippen molar-refractivity contribution in [2.24, 2.45) is 0 Å². The monoisotopic (exact) mass is 281 g/mol.